The molecule has 0 aliphatic rings. The fourth-order valence-corrected chi connectivity index (χ4v) is 2.08. The molecule has 0 aliphatic heterocycles. The van der Waals surface area contributed by atoms with Gasteiger partial charge in [0, 0.05) is 18.0 Å². The molecule has 2 N–H and O–H groups in total. The van der Waals surface area contributed by atoms with Gasteiger partial charge in [0.25, 0.3) is 0 Å². The molecule has 1 rings (SSSR count). The Labute approximate surface area is 98.1 Å². The molecule has 84 valence electrons. The van der Waals surface area contributed by atoms with Crippen LogP contribution in [0.25, 0.3) is 0 Å². The van der Waals surface area contributed by atoms with Crippen molar-refractivity contribution in [1.82, 2.24) is 5.32 Å². The quantitative estimate of drug-likeness (QED) is 0.841. The average Bonchev–Trinajstić information content (AvgIpc) is 2.51. The lowest BCUT2D eigenvalue weighted by Gasteiger charge is -2.19. The molecule has 0 radical (unpaired) electrons. The third-order valence-electron chi connectivity index (χ3n) is 2.07. The molecule has 1 aromatic rings. The lowest BCUT2D eigenvalue weighted by atomic mass is 9.94. The Morgan fingerprint density at radius 2 is 2.27 bits per heavy atom. The standard InChI is InChI=1S/C10H14ClNO2S/c1-10(2,9(13)14)6-12-5-7-3-4-8(11)15-7/h3-4,12H,5-6H2,1-2H3,(H,13,14). The highest BCUT2D eigenvalue weighted by atomic mass is 35.5. The van der Waals surface area contributed by atoms with E-state index in [0.29, 0.717) is 13.1 Å². The molecule has 0 aromatic carbocycles. The minimum absolute atomic E-state index is 0.442. The van der Waals surface area contributed by atoms with Crippen molar-refractivity contribution in [3.05, 3.63) is 21.3 Å². The molecule has 3 nitrogen and oxygen atoms in total. The number of halogens is 1. The molecule has 1 aromatic heterocycles. The van der Waals surface area contributed by atoms with Crippen LogP contribution in [0.1, 0.15) is 18.7 Å². The molecule has 1 heterocycles. The number of thiophene rings is 1. The maximum atomic E-state index is 10.8. The number of nitrogens with one attached hydrogen (secondary N) is 1. The maximum Gasteiger partial charge on any atom is 0.310 e. The van der Waals surface area contributed by atoms with Crippen LogP contribution in [-0.4, -0.2) is 17.6 Å². The van der Waals surface area contributed by atoms with E-state index < -0.39 is 11.4 Å². The van der Waals surface area contributed by atoms with Gasteiger partial charge in [-0.2, -0.15) is 0 Å². The number of carboxylic acid groups (broad SMARTS) is 1. The summed E-state index contributed by atoms with van der Waals surface area (Å²) in [6.07, 6.45) is 0. The normalized spacial score (nSPS) is 11.7. The summed E-state index contributed by atoms with van der Waals surface area (Å²) in [5.41, 5.74) is -0.735. The Hall–Kier alpha value is -0.580. The molecule has 0 amide bonds. The van der Waals surface area contributed by atoms with Crippen LogP contribution in [0.15, 0.2) is 12.1 Å². The Kier molecular flexibility index (Phi) is 4.13. The summed E-state index contributed by atoms with van der Waals surface area (Å²) in [5, 5.41) is 12.0. The van der Waals surface area contributed by atoms with Gasteiger partial charge in [-0.3, -0.25) is 4.79 Å². The van der Waals surface area contributed by atoms with E-state index in [4.69, 9.17) is 16.7 Å². The van der Waals surface area contributed by atoms with Crippen LogP contribution in [0.3, 0.4) is 0 Å². The summed E-state index contributed by atoms with van der Waals surface area (Å²) >= 11 is 7.28. The highest BCUT2D eigenvalue weighted by molar-refractivity contribution is 7.16. The zero-order valence-corrected chi connectivity index (χ0v) is 10.3. The topological polar surface area (TPSA) is 49.3 Å². The van der Waals surface area contributed by atoms with E-state index in [9.17, 15) is 4.79 Å². The summed E-state index contributed by atoms with van der Waals surface area (Å²) in [5.74, 6) is -0.792. The van der Waals surface area contributed by atoms with Crippen LogP contribution >= 0.6 is 22.9 Å². The summed E-state index contributed by atoms with van der Waals surface area (Å²) in [6.45, 7) is 4.50. The second-order valence-corrected chi connectivity index (χ2v) is 5.80. The van der Waals surface area contributed by atoms with Crippen molar-refractivity contribution in [2.45, 2.75) is 20.4 Å². The van der Waals surface area contributed by atoms with Gasteiger partial charge < -0.3 is 10.4 Å². The Bertz CT molecular complexity index is 349. The first-order valence-electron chi connectivity index (χ1n) is 4.60. The molecule has 0 bridgehead atoms. The van der Waals surface area contributed by atoms with E-state index in [1.54, 1.807) is 13.8 Å². The van der Waals surface area contributed by atoms with Gasteiger partial charge in [-0.05, 0) is 26.0 Å². The van der Waals surface area contributed by atoms with E-state index in [-0.39, 0.29) is 0 Å². The number of aliphatic carboxylic acids is 1. The lowest BCUT2D eigenvalue weighted by molar-refractivity contribution is -0.146. The molecular weight excluding hydrogens is 234 g/mol. The summed E-state index contributed by atoms with van der Waals surface area (Å²) < 4.78 is 0.754. The van der Waals surface area contributed by atoms with Gasteiger partial charge in [0.1, 0.15) is 0 Å². The van der Waals surface area contributed by atoms with Crippen LogP contribution in [0, 0.1) is 5.41 Å². The Morgan fingerprint density at radius 1 is 1.60 bits per heavy atom. The zero-order chi connectivity index (χ0) is 11.5. The van der Waals surface area contributed by atoms with Crippen molar-refractivity contribution in [2.24, 2.45) is 5.41 Å². The lowest BCUT2D eigenvalue weighted by Crippen LogP contribution is -2.35. The van der Waals surface area contributed by atoms with Gasteiger partial charge in [0.05, 0.1) is 9.75 Å². The van der Waals surface area contributed by atoms with Crippen LogP contribution in [-0.2, 0) is 11.3 Å². The van der Waals surface area contributed by atoms with E-state index in [1.165, 1.54) is 11.3 Å². The van der Waals surface area contributed by atoms with E-state index >= 15 is 0 Å². The molecule has 15 heavy (non-hydrogen) atoms. The number of carbonyl (C=O) groups is 1. The molecule has 0 saturated carbocycles. The molecule has 0 spiro atoms. The SMILES string of the molecule is CC(C)(CNCc1ccc(Cl)s1)C(=O)O. The molecule has 0 fully saturated rings. The van der Waals surface area contributed by atoms with Crippen molar-refractivity contribution in [2.75, 3.05) is 6.54 Å². The van der Waals surface area contributed by atoms with Gasteiger partial charge in [0.2, 0.25) is 0 Å². The number of hydrogen-bond donors (Lipinski definition) is 2. The van der Waals surface area contributed by atoms with Crippen molar-refractivity contribution in [3.8, 4) is 0 Å². The van der Waals surface area contributed by atoms with E-state index in [0.717, 1.165) is 9.21 Å². The smallest absolute Gasteiger partial charge is 0.310 e. The Morgan fingerprint density at radius 3 is 2.73 bits per heavy atom. The minimum atomic E-state index is -0.792. The Balaban J connectivity index is 2.36. The number of hydrogen-bond acceptors (Lipinski definition) is 3. The highest BCUT2D eigenvalue weighted by Gasteiger charge is 2.26. The largest absolute Gasteiger partial charge is 0.481 e. The predicted molar refractivity (Wildman–Crippen MR) is 62.5 cm³/mol. The monoisotopic (exact) mass is 247 g/mol. The first-order chi connectivity index (χ1) is 6.92. The molecular formula is C10H14ClNO2S. The molecule has 5 heteroatoms. The molecule has 0 atom stereocenters. The average molecular weight is 248 g/mol. The minimum Gasteiger partial charge on any atom is -0.481 e. The first-order valence-corrected chi connectivity index (χ1v) is 5.79. The van der Waals surface area contributed by atoms with Crippen molar-refractivity contribution >= 4 is 28.9 Å². The fourth-order valence-electron chi connectivity index (χ4n) is 1.02. The summed E-state index contributed by atoms with van der Waals surface area (Å²) in [6, 6.07) is 3.78. The summed E-state index contributed by atoms with van der Waals surface area (Å²) in [7, 11) is 0. The van der Waals surface area contributed by atoms with Crippen molar-refractivity contribution < 1.29 is 9.90 Å². The molecule has 0 saturated heterocycles. The highest BCUT2D eigenvalue weighted by Crippen LogP contribution is 2.21. The predicted octanol–water partition coefficient (Wildman–Crippen LogP) is 2.60. The van der Waals surface area contributed by atoms with Gasteiger partial charge in [-0.15, -0.1) is 11.3 Å². The van der Waals surface area contributed by atoms with Crippen LogP contribution in [0.5, 0.6) is 0 Å². The van der Waals surface area contributed by atoms with Gasteiger partial charge in [0.15, 0.2) is 0 Å². The first kappa shape index (κ1) is 12.5. The summed E-state index contributed by atoms with van der Waals surface area (Å²) in [4.78, 5) is 11.9. The van der Waals surface area contributed by atoms with E-state index in [1.807, 2.05) is 12.1 Å². The van der Waals surface area contributed by atoms with Crippen molar-refractivity contribution in [1.29, 1.82) is 0 Å². The van der Waals surface area contributed by atoms with Crippen LogP contribution in [0.4, 0.5) is 0 Å². The van der Waals surface area contributed by atoms with E-state index in [2.05, 4.69) is 5.32 Å². The fraction of sp³-hybridized carbons (Fsp3) is 0.500. The van der Waals surface area contributed by atoms with Gasteiger partial charge >= 0.3 is 5.97 Å². The number of carboxylic acids is 1. The van der Waals surface area contributed by atoms with Gasteiger partial charge in [-0.25, -0.2) is 0 Å². The maximum absolute atomic E-state index is 10.8. The molecule has 0 aliphatic carbocycles. The number of rotatable bonds is 5. The van der Waals surface area contributed by atoms with Crippen LogP contribution in [0.2, 0.25) is 4.34 Å². The second-order valence-electron chi connectivity index (χ2n) is 4.00. The van der Waals surface area contributed by atoms with Crippen LogP contribution < -0.4 is 5.32 Å². The third-order valence-corrected chi connectivity index (χ3v) is 3.31. The zero-order valence-electron chi connectivity index (χ0n) is 8.71. The molecule has 0 unspecified atom stereocenters. The van der Waals surface area contributed by atoms with Crippen molar-refractivity contribution in [3.63, 3.8) is 0 Å². The van der Waals surface area contributed by atoms with Gasteiger partial charge in [-0.1, -0.05) is 11.6 Å². The third kappa shape index (κ3) is 3.81. The second kappa shape index (κ2) is 4.96.